The van der Waals surface area contributed by atoms with E-state index >= 15 is 0 Å². The molecule has 0 saturated heterocycles. The van der Waals surface area contributed by atoms with Gasteiger partial charge in [0.25, 0.3) is 5.91 Å². The van der Waals surface area contributed by atoms with Crippen LogP contribution in [0.5, 0.6) is 11.5 Å². The molecule has 0 radical (unpaired) electrons. The van der Waals surface area contributed by atoms with Gasteiger partial charge in [0.15, 0.2) is 11.5 Å². The summed E-state index contributed by atoms with van der Waals surface area (Å²) in [6.07, 6.45) is 0.543. The fourth-order valence-electron chi connectivity index (χ4n) is 2.63. The van der Waals surface area contributed by atoms with Gasteiger partial charge in [0.05, 0.1) is 18.7 Å². The van der Waals surface area contributed by atoms with Crippen LogP contribution in [0.3, 0.4) is 0 Å². The summed E-state index contributed by atoms with van der Waals surface area (Å²) in [6.45, 7) is 2.07. The van der Waals surface area contributed by atoms with Gasteiger partial charge in [-0.25, -0.2) is 0 Å². The molecule has 7 heteroatoms. The number of carboxylic acid groups (broad SMARTS) is 1. The van der Waals surface area contributed by atoms with E-state index < -0.39 is 18.4 Å². The largest absolute Gasteiger partial charge is 0.493 e. The number of carbonyl (C=O) groups is 2. The number of methoxy groups -OCH3 is 1. The lowest BCUT2D eigenvalue weighted by molar-refractivity contribution is -0.137. The highest BCUT2D eigenvalue weighted by Crippen LogP contribution is 2.36. The van der Waals surface area contributed by atoms with Crippen molar-refractivity contribution in [2.45, 2.75) is 13.3 Å². The number of halogens is 1. The van der Waals surface area contributed by atoms with Gasteiger partial charge in [-0.2, -0.15) is 0 Å². The van der Waals surface area contributed by atoms with Gasteiger partial charge in [0, 0.05) is 12.1 Å². The van der Waals surface area contributed by atoms with Gasteiger partial charge in [-0.05, 0) is 31.0 Å². The van der Waals surface area contributed by atoms with Crippen molar-refractivity contribution in [3.63, 3.8) is 0 Å². The lowest BCUT2D eigenvalue weighted by atomic mass is 10.1. The zero-order chi connectivity index (χ0) is 19.8. The van der Waals surface area contributed by atoms with Crippen LogP contribution in [0.2, 0.25) is 5.02 Å². The van der Waals surface area contributed by atoms with E-state index in [1.165, 1.54) is 24.1 Å². The molecule has 2 aromatic carbocycles. The second kappa shape index (κ2) is 9.83. The van der Waals surface area contributed by atoms with E-state index in [-0.39, 0.29) is 17.1 Å². The highest BCUT2D eigenvalue weighted by molar-refractivity contribution is 6.32. The maximum Gasteiger partial charge on any atom is 0.323 e. The average Bonchev–Trinajstić information content (AvgIpc) is 2.66. The van der Waals surface area contributed by atoms with E-state index in [1.54, 1.807) is 0 Å². The Hall–Kier alpha value is -2.73. The van der Waals surface area contributed by atoms with Crippen molar-refractivity contribution in [2.75, 3.05) is 26.8 Å². The van der Waals surface area contributed by atoms with E-state index in [1.807, 2.05) is 37.3 Å². The standard InChI is InChI=1S/C20H22ClNO5/c1-3-27-19-16(21)11-15(12-17(19)26-2)20(25)22(13-18(23)24)10-9-14-7-5-4-6-8-14/h4-8,11-12H,3,9-10,13H2,1-2H3,(H,23,24). The van der Waals surface area contributed by atoms with Crippen LogP contribution >= 0.6 is 11.6 Å². The van der Waals surface area contributed by atoms with Crippen molar-refractivity contribution >= 4 is 23.5 Å². The number of amides is 1. The van der Waals surface area contributed by atoms with Crippen LogP contribution in [0, 0.1) is 0 Å². The van der Waals surface area contributed by atoms with Gasteiger partial charge in [-0.3, -0.25) is 9.59 Å². The number of rotatable bonds is 9. The SMILES string of the molecule is CCOc1c(Cl)cc(C(=O)N(CCc2ccccc2)CC(=O)O)cc1OC. The highest BCUT2D eigenvalue weighted by Gasteiger charge is 2.22. The number of benzene rings is 2. The van der Waals surface area contributed by atoms with Crippen LogP contribution in [-0.2, 0) is 11.2 Å². The highest BCUT2D eigenvalue weighted by atomic mass is 35.5. The Labute approximate surface area is 163 Å². The number of ether oxygens (including phenoxy) is 2. The van der Waals surface area contributed by atoms with Crippen molar-refractivity contribution in [3.05, 3.63) is 58.6 Å². The predicted molar refractivity (Wildman–Crippen MR) is 103 cm³/mol. The van der Waals surface area contributed by atoms with Crippen molar-refractivity contribution in [2.24, 2.45) is 0 Å². The topological polar surface area (TPSA) is 76.1 Å². The molecule has 0 atom stereocenters. The number of hydrogen-bond donors (Lipinski definition) is 1. The van der Waals surface area contributed by atoms with Crippen molar-refractivity contribution in [1.82, 2.24) is 4.90 Å². The molecule has 144 valence electrons. The van der Waals surface area contributed by atoms with E-state index in [0.29, 0.717) is 24.5 Å². The first-order valence-electron chi connectivity index (χ1n) is 8.51. The maximum atomic E-state index is 12.9. The molecule has 1 N–H and O–H groups in total. The number of hydrogen-bond acceptors (Lipinski definition) is 4. The first kappa shape index (κ1) is 20.6. The molecule has 0 aliphatic rings. The van der Waals surface area contributed by atoms with Gasteiger partial charge < -0.3 is 19.5 Å². The molecule has 0 saturated carbocycles. The lowest BCUT2D eigenvalue weighted by Gasteiger charge is -2.22. The Morgan fingerprint density at radius 2 is 1.89 bits per heavy atom. The fourth-order valence-corrected chi connectivity index (χ4v) is 2.90. The average molecular weight is 392 g/mol. The Kier molecular flexibility index (Phi) is 7.49. The molecule has 0 spiro atoms. The van der Waals surface area contributed by atoms with Gasteiger partial charge >= 0.3 is 5.97 Å². The molecule has 6 nitrogen and oxygen atoms in total. The monoisotopic (exact) mass is 391 g/mol. The predicted octanol–water partition coefficient (Wildman–Crippen LogP) is 3.52. The molecule has 0 aliphatic carbocycles. The third-order valence-electron chi connectivity index (χ3n) is 3.89. The summed E-state index contributed by atoms with van der Waals surface area (Å²) < 4.78 is 10.7. The fraction of sp³-hybridized carbons (Fsp3) is 0.300. The minimum Gasteiger partial charge on any atom is -0.493 e. The number of aliphatic carboxylic acids is 1. The van der Waals surface area contributed by atoms with E-state index in [0.717, 1.165) is 5.56 Å². The molecule has 0 fully saturated rings. The van der Waals surface area contributed by atoms with Crippen molar-refractivity contribution in [1.29, 1.82) is 0 Å². The first-order chi connectivity index (χ1) is 13.0. The van der Waals surface area contributed by atoms with Crippen molar-refractivity contribution < 1.29 is 24.2 Å². The zero-order valence-corrected chi connectivity index (χ0v) is 16.0. The first-order valence-corrected chi connectivity index (χ1v) is 8.89. The van der Waals surface area contributed by atoms with Crippen LogP contribution < -0.4 is 9.47 Å². The lowest BCUT2D eigenvalue weighted by Crippen LogP contribution is -2.37. The third-order valence-corrected chi connectivity index (χ3v) is 4.17. The molecule has 0 heterocycles. The molecular formula is C20H22ClNO5. The maximum absolute atomic E-state index is 12.9. The molecular weight excluding hydrogens is 370 g/mol. The van der Waals surface area contributed by atoms with Gasteiger partial charge in [0.1, 0.15) is 6.54 Å². The number of carbonyl (C=O) groups excluding carboxylic acids is 1. The summed E-state index contributed by atoms with van der Waals surface area (Å²) in [7, 11) is 1.45. The number of carboxylic acids is 1. The second-order valence-electron chi connectivity index (χ2n) is 5.78. The molecule has 0 bridgehead atoms. The molecule has 0 aliphatic heterocycles. The third kappa shape index (κ3) is 5.62. The normalized spacial score (nSPS) is 10.3. The van der Waals surface area contributed by atoms with Crippen LogP contribution in [0.1, 0.15) is 22.8 Å². The Morgan fingerprint density at radius 3 is 2.48 bits per heavy atom. The zero-order valence-electron chi connectivity index (χ0n) is 15.3. The molecule has 0 aromatic heterocycles. The molecule has 27 heavy (non-hydrogen) atoms. The minimum absolute atomic E-state index is 0.234. The number of nitrogens with zero attached hydrogens (tertiary/aromatic N) is 1. The summed E-state index contributed by atoms with van der Waals surface area (Å²) in [5.74, 6) is -0.838. The summed E-state index contributed by atoms with van der Waals surface area (Å²) in [4.78, 5) is 25.4. The van der Waals surface area contributed by atoms with Crippen LogP contribution in [-0.4, -0.2) is 48.7 Å². The van der Waals surface area contributed by atoms with Crippen LogP contribution in [0.25, 0.3) is 0 Å². The van der Waals surface area contributed by atoms with E-state index in [9.17, 15) is 14.7 Å². The summed E-state index contributed by atoms with van der Waals surface area (Å²) in [6, 6.07) is 12.5. The second-order valence-corrected chi connectivity index (χ2v) is 6.19. The van der Waals surface area contributed by atoms with Gasteiger partial charge in [-0.1, -0.05) is 41.9 Å². The van der Waals surface area contributed by atoms with Crippen molar-refractivity contribution in [3.8, 4) is 11.5 Å². The Balaban J connectivity index is 2.26. The van der Waals surface area contributed by atoms with E-state index in [2.05, 4.69) is 0 Å². The van der Waals surface area contributed by atoms with Crippen LogP contribution in [0.4, 0.5) is 0 Å². The summed E-state index contributed by atoms with van der Waals surface area (Å²) in [5.41, 5.74) is 1.26. The molecule has 2 rings (SSSR count). The van der Waals surface area contributed by atoms with E-state index in [4.69, 9.17) is 21.1 Å². The molecule has 2 aromatic rings. The summed E-state index contributed by atoms with van der Waals surface area (Å²) in [5, 5.41) is 9.42. The molecule has 1 amide bonds. The van der Waals surface area contributed by atoms with Crippen LogP contribution in [0.15, 0.2) is 42.5 Å². The smallest absolute Gasteiger partial charge is 0.323 e. The quantitative estimate of drug-likeness (QED) is 0.707. The molecule has 0 unspecified atom stereocenters. The summed E-state index contributed by atoms with van der Waals surface area (Å²) >= 11 is 6.23. The minimum atomic E-state index is -1.08. The van der Waals surface area contributed by atoms with Gasteiger partial charge in [-0.15, -0.1) is 0 Å². The Bertz CT molecular complexity index is 794. The van der Waals surface area contributed by atoms with Gasteiger partial charge in [0.2, 0.25) is 0 Å². The Morgan fingerprint density at radius 1 is 1.19 bits per heavy atom.